The van der Waals surface area contributed by atoms with Crippen LogP contribution in [0.15, 0.2) is 24.3 Å². The highest BCUT2D eigenvalue weighted by Gasteiger charge is 2.48. The molecule has 0 spiro atoms. The lowest BCUT2D eigenvalue weighted by Gasteiger charge is -2.57. The number of likely N-dealkylation sites (tertiary alicyclic amines) is 1. The van der Waals surface area contributed by atoms with Crippen LogP contribution in [0.2, 0.25) is 0 Å². The Morgan fingerprint density at radius 2 is 1.94 bits per heavy atom. The monoisotopic (exact) mass is 434 g/mol. The largest absolute Gasteiger partial charge is 0.494 e. The second-order valence-corrected chi connectivity index (χ2v) is 8.89. The summed E-state index contributed by atoms with van der Waals surface area (Å²) < 4.78 is 18.7. The highest BCUT2D eigenvalue weighted by atomic mass is 19.1. The number of fused-ring (bicyclic) bond motifs is 4. The molecule has 3 heterocycles. The van der Waals surface area contributed by atoms with Crippen molar-refractivity contribution in [3.05, 3.63) is 30.1 Å². The van der Waals surface area contributed by atoms with Crippen LogP contribution in [0.5, 0.6) is 5.75 Å². The fourth-order valence-electron chi connectivity index (χ4n) is 5.73. The van der Waals surface area contributed by atoms with Crippen LogP contribution < -0.4 is 4.74 Å². The van der Waals surface area contributed by atoms with Gasteiger partial charge >= 0.3 is 0 Å². The van der Waals surface area contributed by atoms with Crippen LogP contribution >= 0.6 is 0 Å². The van der Waals surface area contributed by atoms with E-state index < -0.39 is 0 Å². The van der Waals surface area contributed by atoms with Crippen LogP contribution in [0.4, 0.5) is 4.39 Å². The van der Waals surface area contributed by atoms with E-state index in [0.717, 1.165) is 57.5 Å². The van der Waals surface area contributed by atoms with Gasteiger partial charge in [-0.1, -0.05) is 13.3 Å². The van der Waals surface area contributed by atoms with Crippen molar-refractivity contribution in [2.45, 2.75) is 64.0 Å². The molecule has 3 fully saturated rings. The first-order valence-corrected chi connectivity index (χ1v) is 11.6. The average Bonchev–Trinajstić information content (AvgIpc) is 2.76. The fourth-order valence-corrected chi connectivity index (χ4v) is 5.73. The van der Waals surface area contributed by atoms with E-state index in [1.807, 2.05) is 0 Å². The van der Waals surface area contributed by atoms with Crippen molar-refractivity contribution in [3.63, 3.8) is 0 Å². The molecule has 6 nitrogen and oxygen atoms in total. The number of carbonyl (C=O) groups excluding carboxylic acids is 1. The molecule has 3 aliphatic heterocycles. The van der Waals surface area contributed by atoms with Gasteiger partial charge < -0.3 is 19.6 Å². The third-order valence-corrected chi connectivity index (χ3v) is 6.86. The molecular weight excluding hydrogens is 399 g/mol. The lowest BCUT2D eigenvalue weighted by molar-refractivity contribution is -0.153. The van der Waals surface area contributed by atoms with Crippen molar-refractivity contribution < 1.29 is 23.8 Å². The molecule has 31 heavy (non-hydrogen) atoms. The normalized spacial score (nSPS) is 27.7. The summed E-state index contributed by atoms with van der Waals surface area (Å²) in [5.41, 5.74) is 0. The molecule has 7 heteroatoms. The summed E-state index contributed by atoms with van der Waals surface area (Å²) in [6, 6.07) is 7.15. The number of piperidine rings is 3. The van der Waals surface area contributed by atoms with E-state index in [4.69, 9.17) is 14.6 Å². The lowest BCUT2D eigenvalue weighted by atomic mass is 9.71. The molecular formula is C24H35FN2O4. The number of nitrogens with zero attached hydrogens (tertiary/aromatic N) is 2. The van der Waals surface area contributed by atoms with Crippen molar-refractivity contribution in [1.29, 1.82) is 0 Å². The maximum Gasteiger partial charge on any atom is 0.290 e. The predicted octanol–water partition coefficient (Wildman–Crippen LogP) is 3.80. The van der Waals surface area contributed by atoms with Gasteiger partial charge in [0.15, 0.2) is 0 Å². The molecule has 1 aromatic rings. The van der Waals surface area contributed by atoms with Gasteiger partial charge in [0.25, 0.3) is 6.47 Å². The zero-order valence-electron chi connectivity index (χ0n) is 18.4. The minimum Gasteiger partial charge on any atom is -0.494 e. The molecule has 0 radical (unpaired) electrons. The van der Waals surface area contributed by atoms with E-state index in [0.29, 0.717) is 36.4 Å². The Morgan fingerprint density at radius 3 is 2.65 bits per heavy atom. The Hall–Kier alpha value is -2.15. The number of carboxylic acid groups (broad SMARTS) is 1. The first-order chi connectivity index (χ1) is 15.1. The smallest absolute Gasteiger partial charge is 0.290 e. The van der Waals surface area contributed by atoms with Crippen LogP contribution in [0, 0.1) is 17.7 Å². The van der Waals surface area contributed by atoms with Crippen LogP contribution in [0.1, 0.15) is 51.9 Å². The number of halogens is 1. The first-order valence-electron chi connectivity index (χ1n) is 11.6. The van der Waals surface area contributed by atoms with Crippen LogP contribution in [-0.2, 0) is 9.59 Å². The minimum absolute atomic E-state index is 0.232. The maximum atomic E-state index is 13.0. The van der Waals surface area contributed by atoms with Gasteiger partial charge in [-0.15, -0.1) is 0 Å². The molecule has 4 rings (SSSR count). The summed E-state index contributed by atoms with van der Waals surface area (Å²) in [6.07, 6.45) is 7.55. The van der Waals surface area contributed by atoms with Gasteiger partial charge in [-0.25, -0.2) is 4.39 Å². The van der Waals surface area contributed by atoms with Crippen molar-refractivity contribution >= 4 is 12.4 Å². The van der Waals surface area contributed by atoms with Crippen molar-refractivity contribution in [1.82, 2.24) is 9.80 Å². The molecule has 4 atom stereocenters. The van der Waals surface area contributed by atoms with Gasteiger partial charge in [-0.3, -0.25) is 9.59 Å². The van der Waals surface area contributed by atoms with Gasteiger partial charge in [0.1, 0.15) is 11.6 Å². The predicted molar refractivity (Wildman–Crippen MR) is 116 cm³/mol. The highest BCUT2D eigenvalue weighted by Crippen LogP contribution is 2.42. The van der Waals surface area contributed by atoms with Crippen molar-refractivity contribution in [3.8, 4) is 5.75 Å². The molecule has 0 aromatic heterocycles. The molecule has 1 aromatic carbocycles. The van der Waals surface area contributed by atoms with Crippen LogP contribution in [0.25, 0.3) is 0 Å². The third kappa shape index (κ3) is 5.97. The number of benzene rings is 1. The summed E-state index contributed by atoms with van der Waals surface area (Å²) in [5, 5.41) is 6.89. The molecule has 3 saturated heterocycles. The zero-order chi connectivity index (χ0) is 22.2. The topological polar surface area (TPSA) is 70.1 Å². The summed E-state index contributed by atoms with van der Waals surface area (Å²) in [5.74, 6) is 2.16. The summed E-state index contributed by atoms with van der Waals surface area (Å²) in [7, 11) is 0. The second-order valence-electron chi connectivity index (χ2n) is 8.89. The van der Waals surface area contributed by atoms with E-state index in [1.165, 1.54) is 25.0 Å². The van der Waals surface area contributed by atoms with E-state index in [-0.39, 0.29) is 12.3 Å². The molecule has 1 amide bonds. The van der Waals surface area contributed by atoms with Crippen LogP contribution in [0.3, 0.4) is 0 Å². The number of hydrogen-bond donors (Lipinski definition) is 1. The Morgan fingerprint density at radius 1 is 1.23 bits per heavy atom. The summed E-state index contributed by atoms with van der Waals surface area (Å²) in [6.45, 7) is 5.90. The quantitative estimate of drug-likeness (QED) is 0.522. The number of rotatable bonds is 7. The molecule has 3 aliphatic rings. The highest BCUT2D eigenvalue weighted by molar-refractivity contribution is 5.78. The van der Waals surface area contributed by atoms with Crippen molar-refractivity contribution in [2.24, 2.45) is 11.8 Å². The van der Waals surface area contributed by atoms with Gasteiger partial charge in [0.2, 0.25) is 5.91 Å². The Labute approximate surface area is 184 Å². The molecule has 172 valence electrons. The Bertz CT molecular complexity index is 714. The minimum atomic E-state index is -0.250. The van der Waals surface area contributed by atoms with Gasteiger partial charge in [0, 0.05) is 38.1 Å². The number of hydrogen-bond acceptors (Lipinski definition) is 4. The Balaban J connectivity index is 0.000000858. The van der Waals surface area contributed by atoms with E-state index in [9.17, 15) is 9.18 Å². The van der Waals surface area contributed by atoms with Crippen LogP contribution in [-0.4, -0.2) is 65.6 Å². The fraction of sp³-hybridized carbons (Fsp3) is 0.667. The SMILES string of the molecule is CCC[C@H]1[C@H]2C[C@H](CN(CCCOc3ccc(F)cc3)C2)[C@@H]2CCCC(=O)N21.O=CO. The molecule has 0 saturated carbocycles. The summed E-state index contributed by atoms with van der Waals surface area (Å²) in [4.78, 5) is 25.9. The first kappa shape index (κ1) is 23.5. The van der Waals surface area contributed by atoms with Crippen molar-refractivity contribution in [2.75, 3.05) is 26.2 Å². The number of carbonyl (C=O) groups is 2. The van der Waals surface area contributed by atoms with E-state index in [2.05, 4.69) is 16.7 Å². The zero-order valence-corrected chi connectivity index (χ0v) is 18.4. The molecule has 0 aliphatic carbocycles. The Kier molecular flexibility index (Phi) is 8.69. The average molecular weight is 435 g/mol. The molecule has 2 bridgehead atoms. The second kappa shape index (κ2) is 11.5. The molecule has 1 N–H and O–H groups in total. The number of ether oxygens (including phenoxy) is 1. The van der Waals surface area contributed by atoms with E-state index in [1.54, 1.807) is 12.1 Å². The maximum absolute atomic E-state index is 13.0. The third-order valence-electron chi connectivity index (χ3n) is 6.86. The lowest BCUT2D eigenvalue weighted by Crippen LogP contribution is -2.65. The van der Waals surface area contributed by atoms with Gasteiger partial charge in [-0.2, -0.15) is 0 Å². The van der Waals surface area contributed by atoms with Gasteiger partial charge in [-0.05, 0) is 68.2 Å². The molecule has 0 unspecified atom stereocenters. The van der Waals surface area contributed by atoms with Gasteiger partial charge in [0.05, 0.1) is 6.61 Å². The summed E-state index contributed by atoms with van der Waals surface area (Å²) >= 11 is 0. The number of amides is 1. The van der Waals surface area contributed by atoms with E-state index >= 15 is 0 Å². The standard InChI is InChI=1S/C23H33FN2O2.CH2O2/c1-2-5-21-17-14-18(22-6-3-7-23(27)26(21)22)16-25(15-17)12-4-13-28-20-10-8-19(24)9-11-20;2-1-3/h8-11,17-18,21-22H,2-7,12-16H2,1H3;1H,(H,2,3)/t17-,18+,21-,22-;/m0./s1.